The lowest BCUT2D eigenvalue weighted by Gasteiger charge is -2.08. The van der Waals surface area contributed by atoms with Gasteiger partial charge in [-0.2, -0.15) is 0 Å². The van der Waals surface area contributed by atoms with Crippen LogP contribution in [-0.4, -0.2) is 9.55 Å². The molecule has 2 N–H and O–H groups in total. The summed E-state index contributed by atoms with van der Waals surface area (Å²) in [5, 5.41) is 0. The van der Waals surface area contributed by atoms with Crippen LogP contribution in [0.25, 0.3) is 11.3 Å². The quantitative estimate of drug-likeness (QED) is 0.904. The second-order valence-corrected chi connectivity index (χ2v) is 5.44. The molecule has 3 rings (SSSR count). The first-order valence-corrected chi connectivity index (χ1v) is 7.14. The maximum absolute atomic E-state index is 6.36. The molecule has 0 unspecified atom stereocenters. The Labute approximate surface area is 114 Å². The molecule has 3 heteroatoms. The van der Waals surface area contributed by atoms with E-state index in [9.17, 15) is 0 Å². The van der Waals surface area contributed by atoms with Crippen molar-refractivity contribution < 1.29 is 0 Å². The lowest BCUT2D eigenvalue weighted by atomic mass is 10.1. The van der Waals surface area contributed by atoms with Crippen molar-refractivity contribution in [1.82, 2.24) is 9.55 Å². The fraction of sp³-hybridized carbons (Fsp3) is 0.438. The molecule has 0 aliphatic heterocycles. The fourth-order valence-electron chi connectivity index (χ4n) is 2.63. The summed E-state index contributed by atoms with van der Waals surface area (Å²) in [5.74, 6) is 2.65. The Morgan fingerprint density at radius 3 is 2.68 bits per heavy atom. The van der Waals surface area contributed by atoms with E-state index in [0.717, 1.165) is 30.0 Å². The SMILES string of the molecule is CCCn1c(C2CC2)nc(-c2ccccc2C)c1N. The van der Waals surface area contributed by atoms with Crippen LogP contribution in [0, 0.1) is 6.92 Å². The van der Waals surface area contributed by atoms with Crippen LogP contribution in [0.15, 0.2) is 24.3 Å². The molecule has 0 atom stereocenters. The number of rotatable bonds is 4. The Kier molecular flexibility index (Phi) is 3.05. The van der Waals surface area contributed by atoms with Crippen molar-refractivity contribution in [2.75, 3.05) is 5.73 Å². The van der Waals surface area contributed by atoms with E-state index in [-0.39, 0.29) is 0 Å². The molecular weight excluding hydrogens is 234 g/mol. The number of aryl methyl sites for hydroxylation is 1. The zero-order valence-electron chi connectivity index (χ0n) is 11.7. The van der Waals surface area contributed by atoms with Crippen LogP contribution in [0.2, 0.25) is 0 Å². The van der Waals surface area contributed by atoms with Crippen LogP contribution < -0.4 is 5.73 Å². The van der Waals surface area contributed by atoms with Crippen molar-refractivity contribution in [2.45, 2.75) is 45.6 Å². The van der Waals surface area contributed by atoms with E-state index in [4.69, 9.17) is 10.7 Å². The highest BCUT2D eigenvalue weighted by Gasteiger charge is 2.30. The van der Waals surface area contributed by atoms with Crippen LogP contribution >= 0.6 is 0 Å². The Bertz CT molecular complexity index is 594. The molecule has 0 amide bonds. The van der Waals surface area contributed by atoms with Crippen molar-refractivity contribution in [3.8, 4) is 11.3 Å². The normalized spacial score (nSPS) is 14.8. The average Bonchev–Trinajstić information content (AvgIpc) is 3.19. The van der Waals surface area contributed by atoms with Crippen molar-refractivity contribution in [3.05, 3.63) is 35.7 Å². The first kappa shape index (κ1) is 12.3. The van der Waals surface area contributed by atoms with Gasteiger partial charge in [0.05, 0.1) is 0 Å². The summed E-state index contributed by atoms with van der Waals surface area (Å²) in [6.45, 7) is 5.27. The van der Waals surface area contributed by atoms with E-state index in [1.54, 1.807) is 0 Å². The van der Waals surface area contributed by atoms with Gasteiger partial charge in [0.2, 0.25) is 0 Å². The van der Waals surface area contributed by atoms with Gasteiger partial charge >= 0.3 is 0 Å². The molecular formula is C16H21N3. The van der Waals surface area contributed by atoms with Crippen LogP contribution in [0.4, 0.5) is 5.82 Å². The molecule has 1 aromatic carbocycles. The first-order valence-electron chi connectivity index (χ1n) is 7.14. The number of imidazole rings is 1. The minimum absolute atomic E-state index is 0.631. The summed E-state index contributed by atoms with van der Waals surface area (Å²) < 4.78 is 2.22. The van der Waals surface area contributed by atoms with E-state index in [0.29, 0.717) is 5.92 Å². The van der Waals surface area contributed by atoms with Crippen molar-refractivity contribution in [1.29, 1.82) is 0 Å². The highest BCUT2D eigenvalue weighted by atomic mass is 15.1. The minimum Gasteiger partial charge on any atom is -0.383 e. The van der Waals surface area contributed by atoms with Gasteiger partial charge in [-0.3, -0.25) is 0 Å². The predicted molar refractivity (Wildman–Crippen MR) is 79.1 cm³/mol. The van der Waals surface area contributed by atoms with Crippen LogP contribution in [0.3, 0.4) is 0 Å². The molecule has 0 saturated heterocycles. The Morgan fingerprint density at radius 2 is 2.05 bits per heavy atom. The molecule has 2 aromatic rings. The van der Waals surface area contributed by atoms with Gasteiger partial charge in [0.1, 0.15) is 17.3 Å². The third-order valence-corrected chi connectivity index (χ3v) is 3.83. The van der Waals surface area contributed by atoms with Crippen LogP contribution in [-0.2, 0) is 6.54 Å². The first-order chi connectivity index (χ1) is 9.22. The number of nitrogen functional groups attached to an aromatic ring is 1. The average molecular weight is 255 g/mol. The fourth-order valence-corrected chi connectivity index (χ4v) is 2.63. The summed E-state index contributed by atoms with van der Waals surface area (Å²) in [6.07, 6.45) is 3.61. The van der Waals surface area contributed by atoms with Crippen molar-refractivity contribution in [2.24, 2.45) is 0 Å². The summed E-state index contributed by atoms with van der Waals surface area (Å²) in [7, 11) is 0. The third-order valence-electron chi connectivity index (χ3n) is 3.83. The summed E-state index contributed by atoms with van der Waals surface area (Å²) in [5.41, 5.74) is 9.72. The topological polar surface area (TPSA) is 43.8 Å². The van der Waals surface area contributed by atoms with Gasteiger partial charge in [0.15, 0.2) is 0 Å². The molecule has 19 heavy (non-hydrogen) atoms. The van der Waals surface area contributed by atoms with E-state index in [1.165, 1.54) is 24.2 Å². The smallest absolute Gasteiger partial charge is 0.131 e. The number of nitrogens with zero attached hydrogens (tertiary/aromatic N) is 2. The summed E-state index contributed by atoms with van der Waals surface area (Å²) in [4.78, 5) is 4.86. The summed E-state index contributed by atoms with van der Waals surface area (Å²) >= 11 is 0. The van der Waals surface area contributed by atoms with Crippen LogP contribution in [0.1, 0.15) is 43.5 Å². The minimum atomic E-state index is 0.631. The molecule has 1 aliphatic carbocycles. The number of benzene rings is 1. The highest BCUT2D eigenvalue weighted by molar-refractivity contribution is 5.73. The summed E-state index contributed by atoms with van der Waals surface area (Å²) in [6, 6.07) is 8.34. The molecule has 0 radical (unpaired) electrons. The Balaban J connectivity index is 2.12. The molecule has 1 aliphatic rings. The molecule has 100 valence electrons. The number of anilines is 1. The van der Waals surface area contributed by atoms with E-state index in [2.05, 4.69) is 42.7 Å². The van der Waals surface area contributed by atoms with E-state index < -0.39 is 0 Å². The maximum atomic E-state index is 6.36. The van der Waals surface area contributed by atoms with Gasteiger partial charge in [0.25, 0.3) is 0 Å². The Hall–Kier alpha value is -1.77. The van der Waals surface area contributed by atoms with Gasteiger partial charge in [-0.15, -0.1) is 0 Å². The van der Waals surface area contributed by atoms with Crippen molar-refractivity contribution in [3.63, 3.8) is 0 Å². The molecule has 1 fully saturated rings. The number of hydrogen-bond donors (Lipinski definition) is 1. The van der Waals surface area contributed by atoms with Gasteiger partial charge < -0.3 is 10.3 Å². The van der Waals surface area contributed by atoms with E-state index in [1.807, 2.05) is 0 Å². The van der Waals surface area contributed by atoms with Crippen LogP contribution in [0.5, 0.6) is 0 Å². The second kappa shape index (κ2) is 4.72. The molecule has 1 aromatic heterocycles. The largest absolute Gasteiger partial charge is 0.383 e. The maximum Gasteiger partial charge on any atom is 0.131 e. The lowest BCUT2D eigenvalue weighted by molar-refractivity contribution is 0.646. The number of aromatic nitrogens is 2. The predicted octanol–water partition coefficient (Wildman–Crippen LogP) is 3.73. The lowest BCUT2D eigenvalue weighted by Crippen LogP contribution is -2.06. The van der Waals surface area contributed by atoms with Gasteiger partial charge in [0, 0.05) is 18.0 Å². The Morgan fingerprint density at radius 1 is 1.32 bits per heavy atom. The number of nitrogens with two attached hydrogens (primary N) is 1. The monoisotopic (exact) mass is 255 g/mol. The zero-order valence-corrected chi connectivity index (χ0v) is 11.7. The molecule has 0 spiro atoms. The van der Waals surface area contributed by atoms with Gasteiger partial charge in [-0.05, 0) is 31.7 Å². The molecule has 1 heterocycles. The number of hydrogen-bond acceptors (Lipinski definition) is 2. The van der Waals surface area contributed by atoms with E-state index >= 15 is 0 Å². The van der Waals surface area contributed by atoms with Gasteiger partial charge in [-0.1, -0.05) is 31.2 Å². The highest BCUT2D eigenvalue weighted by Crippen LogP contribution is 2.42. The van der Waals surface area contributed by atoms with Crippen molar-refractivity contribution >= 4 is 5.82 Å². The van der Waals surface area contributed by atoms with Gasteiger partial charge in [-0.25, -0.2) is 4.98 Å². The zero-order chi connectivity index (χ0) is 13.4. The second-order valence-electron chi connectivity index (χ2n) is 5.44. The third kappa shape index (κ3) is 2.14. The molecule has 1 saturated carbocycles. The molecule has 3 nitrogen and oxygen atoms in total. The standard InChI is InChI=1S/C16H21N3/c1-3-10-19-15(17)14(18-16(19)12-8-9-12)13-7-5-4-6-11(13)2/h4-7,12H,3,8-10,17H2,1-2H3. The molecule has 0 bridgehead atoms.